The zero-order chi connectivity index (χ0) is 13.7. The molecule has 1 aliphatic carbocycles. The molecular formula is C14H16N4. The first-order valence-corrected chi connectivity index (χ1v) is 5.67. The molecule has 0 amide bonds. The Bertz CT molecular complexity index is 529. The average Bonchev–Trinajstić information content (AvgIpc) is 2.51. The summed E-state index contributed by atoms with van der Waals surface area (Å²) >= 11 is 0. The molecule has 0 saturated heterocycles. The predicted octanol–water partition coefficient (Wildman–Crippen LogP) is 2.22. The summed E-state index contributed by atoms with van der Waals surface area (Å²) in [5, 5.41) is 17.8. The van der Waals surface area contributed by atoms with Crippen LogP contribution in [0.15, 0.2) is 46.2 Å². The highest BCUT2D eigenvalue weighted by Gasteiger charge is 2.13. The van der Waals surface area contributed by atoms with Crippen LogP contribution < -0.4 is 11.3 Å². The van der Waals surface area contributed by atoms with E-state index >= 15 is 0 Å². The molecular weight excluding hydrogens is 224 g/mol. The van der Waals surface area contributed by atoms with E-state index in [4.69, 9.17) is 16.4 Å². The Kier molecular flexibility index (Phi) is 4.48. The average molecular weight is 240 g/mol. The molecule has 0 bridgehead atoms. The Morgan fingerprint density at radius 1 is 1.28 bits per heavy atom. The Morgan fingerprint density at radius 3 is 2.33 bits per heavy atom. The van der Waals surface area contributed by atoms with Gasteiger partial charge in [-0.15, -0.1) is 0 Å². The van der Waals surface area contributed by atoms with Gasteiger partial charge in [-0.2, -0.15) is 10.5 Å². The van der Waals surface area contributed by atoms with Crippen molar-refractivity contribution in [3.05, 3.63) is 46.2 Å². The second-order valence-corrected chi connectivity index (χ2v) is 4.32. The summed E-state index contributed by atoms with van der Waals surface area (Å²) in [7, 11) is 0. The highest BCUT2D eigenvalue weighted by Crippen LogP contribution is 2.26. The third-order valence-electron chi connectivity index (χ3n) is 2.87. The first-order chi connectivity index (χ1) is 8.54. The summed E-state index contributed by atoms with van der Waals surface area (Å²) in [5.74, 6) is 5.84. The van der Waals surface area contributed by atoms with Gasteiger partial charge in [0, 0.05) is 5.57 Å². The molecule has 18 heavy (non-hydrogen) atoms. The lowest BCUT2D eigenvalue weighted by Gasteiger charge is -2.13. The molecule has 3 N–H and O–H groups in total. The van der Waals surface area contributed by atoms with Crippen LogP contribution in [-0.2, 0) is 0 Å². The second kappa shape index (κ2) is 5.86. The van der Waals surface area contributed by atoms with Gasteiger partial charge in [-0.3, -0.25) is 5.84 Å². The molecule has 0 saturated carbocycles. The summed E-state index contributed by atoms with van der Waals surface area (Å²) in [6.07, 6.45) is 5.44. The van der Waals surface area contributed by atoms with Gasteiger partial charge >= 0.3 is 0 Å². The molecule has 1 aliphatic rings. The lowest BCUT2D eigenvalue weighted by molar-refractivity contribution is 0.772. The zero-order valence-corrected chi connectivity index (χ0v) is 10.8. The van der Waals surface area contributed by atoms with E-state index in [1.165, 1.54) is 0 Å². The maximum atomic E-state index is 8.91. The second-order valence-electron chi connectivity index (χ2n) is 4.32. The van der Waals surface area contributed by atoms with E-state index in [1.54, 1.807) is 12.2 Å². The minimum Gasteiger partial charge on any atom is -0.324 e. The van der Waals surface area contributed by atoms with Crippen LogP contribution in [0.2, 0.25) is 0 Å². The Balaban J connectivity index is 3.46. The molecule has 0 aliphatic heterocycles. The van der Waals surface area contributed by atoms with Gasteiger partial charge in [-0.1, -0.05) is 26.0 Å². The van der Waals surface area contributed by atoms with E-state index in [9.17, 15) is 0 Å². The molecule has 1 rings (SSSR count). The van der Waals surface area contributed by atoms with Gasteiger partial charge in [-0.25, -0.2) is 0 Å². The standard InChI is InChI=1S/C14H16N4/c1-9(2)13-5-4-11(12(7-15)8-16)6-14(18-17)10(13)3/h4-6,9,18H,17H2,1-3H3. The lowest BCUT2D eigenvalue weighted by Crippen LogP contribution is -2.22. The molecule has 4 nitrogen and oxygen atoms in total. The zero-order valence-electron chi connectivity index (χ0n) is 10.8. The maximum Gasteiger partial charge on any atom is 0.136 e. The first kappa shape index (κ1) is 13.8. The maximum absolute atomic E-state index is 8.91. The van der Waals surface area contributed by atoms with Crippen molar-refractivity contribution in [2.75, 3.05) is 0 Å². The highest BCUT2D eigenvalue weighted by atomic mass is 15.2. The van der Waals surface area contributed by atoms with Crippen LogP contribution >= 0.6 is 0 Å². The molecule has 0 radical (unpaired) electrons. The molecule has 0 aromatic heterocycles. The van der Waals surface area contributed by atoms with Crippen molar-refractivity contribution in [2.24, 2.45) is 11.8 Å². The SMILES string of the molecule is CC1=C(C(C)C)C=CC(=C(C#N)C#N)C=C1NN. The van der Waals surface area contributed by atoms with Crippen LogP contribution in [-0.4, -0.2) is 0 Å². The van der Waals surface area contributed by atoms with Crippen molar-refractivity contribution < 1.29 is 0 Å². The van der Waals surface area contributed by atoms with Gasteiger partial charge in [0.25, 0.3) is 0 Å². The number of hydrazine groups is 1. The van der Waals surface area contributed by atoms with E-state index in [-0.39, 0.29) is 5.57 Å². The topological polar surface area (TPSA) is 85.6 Å². The molecule has 0 heterocycles. The Hall–Kier alpha value is -2.30. The summed E-state index contributed by atoms with van der Waals surface area (Å²) in [6.45, 7) is 6.13. The Labute approximate surface area is 107 Å². The summed E-state index contributed by atoms with van der Waals surface area (Å²) in [4.78, 5) is 0. The number of nitrogens with two attached hydrogens (primary N) is 1. The minimum absolute atomic E-state index is 0.0804. The van der Waals surface area contributed by atoms with E-state index in [0.717, 1.165) is 16.8 Å². The van der Waals surface area contributed by atoms with Crippen molar-refractivity contribution in [3.63, 3.8) is 0 Å². The normalized spacial score (nSPS) is 14.8. The fourth-order valence-corrected chi connectivity index (χ4v) is 1.86. The number of nitriles is 2. The fourth-order valence-electron chi connectivity index (χ4n) is 1.86. The van der Waals surface area contributed by atoms with Gasteiger partial charge in [0.15, 0.2) is 0 Å². The molecule has 4 heteroatoms. The third kappa shape index (κ3) is 2.68. The quantitative estimate of drug-likeness (QED) is 0.440. The van der Waals surface area contributed by atoms with Crippen LogP contribution in [0.1, 0.15) is 20.8 Å². The van der Waals surface area contributed by atoms with Crippen LogP contribution in [0.4, 0.5) is 0 Å². The smallest absolute Gasteiger partial charge is 0.136 e. The van der Waals surface area contributed by atoms with Gasteiger partial charge in [0.2, 0.25) is 0 Å². The van der Waals surface area contributed by atoms with Crippen LogP contribution in [0.25, 0.3) is 0 Å². The highest BCUT2D eigenvalue weighted by molar-refractivity contribution is 5.56. The number of nitrogens with one attached hydrogen (secondary N) is 1. The van der Waals surface area contributed by atoms with Gasteiger partial charge < -0.3 is 5.43 Å². The monoisotopic (exact) mass is 240 g/mol. The van der Waals surface area contributed by atoms with E-state index in [1.807, 2.05) is 25.1 Å². The number of nitrogens with zero attached hydrogens (tertiary/aromatic N) is 2. The molecule has 0 unspecified atom stereocenters. The van der Waals surface area contributed by atoms with Crippen LogP contribution in [0.5, 0.6) is 0 Å². The van der Waals surface area contributed by atoms with E-state index in [0.29, 0.717) is 11.5 Å². The van der Waals surface area contributed by atoms with Crippen LogP contribution in [0.3, 0.4) is 0 Å². The van der Waals surface area contributed by atoms with Crippen molar-refractivity contribution in [2.45, 2.75) is 20.8 Å². The van der Waals surface area contributed by atoms with Crippen molar-refractivity contribution in [1.29, 1.82) is 10.5 Å². The van der Waals surface area contributed by atoms with Crippen molar-refractivity contribution in [3.8, 4) is 12.1 Å². The number of hydrogen-bond donors (Lipinski definition) is 2. The number of hydrogen-bond acceptors (Lipinski definition) is 4. The predicted molar refractivity (Wildman–Crippen MR) is 70.3 cm³/mol. The van der Waals surface area contributed by atoms with Crippen molar-refractivity contribution in [1.82, 2.24) is 5.43 Å². The summed E-state index contributed by atoms with van der Waals surface area (Å²) in [5.41, 5.74) is 6.15. The molecule has 0 aromatic carbocycles. The molecule has 0 atom stereocenters. The van der Waals surface area contributed by atoms with Crippen molar-refractivity contribution >= 4 is 0 Å². The Morgan fingerprint density at radius 2 is 1.89 bits per heavy atom. The van der Waals surface area contributed by atoms with Crippen LogP contribution in [0, 0.1) is 28.6 Å². The third-order valence-corrected chi connectivity index (χ3v) is 2.87. The van der Waals surface area contributed by atoms with Gasteiger partial charge in [-0.05, 0) is 30.1 Å². The fraction of sp³-hybridized carbons (Fsp3) is 0.286. The summed E-state index contributed by atoms with van der Waals surface area (Å²) in [6, 6.07) is 3.78. The summed E-state index contributed by atoms with van der Waals surface area (Å²) < 4.78 is 0. The van der Waals surface area contributed by atoms with Gasteiger partial charge in [0.05, 0.1) is 5.70 Å². The minimum atomic E-state index is 0.0804. The number of allylic oxidation sites excluding steroid dienone is 7. The lowest BCUT2D eigenvalue weighted by atomic mass is 9.97. The van der Waals surface area contributed by atoms with E-state index < -0.39 is 0 Å². The molecule has 0 spiro atoms. The largest absolute Gasteiger partial charge is 0.324 e. The van der Waals surface area contributed by atoms with E-state index in [2.05, 4.69) is 19.3 Å². The molecule has 0 fully saturated rings. The molecule has 92 valence electrons. The number of rotatable bonds is 2. The first-order valence-electron chi connectivity index (χ1n) is 5.67. The van der Waals surface area contributed by atoms with Gasteiger partial charge in [0.1, 0.15) is 17.7 Å². The molecule has 0 aromatic rings.